The summed E-state index contributed by atoms with van der Waals surface area (Å²) in [5.74, 6) is 0. The van der Waals surface area contributed by atoms with Gasteiger partial charge in [0.05, 0.1) is 5.03 Å². The SMILES string of the molecule is Cc1ccccc1C(CN)Sc1ccc(Br)cn1. The number of thioether (sulfide) groups is 1. The van der Waals surface area contributed by atoms with Crippen LogP contribution in [0.3, 0.4) is 0 Å². The summed E-state index contributed by atoms with van der Waals surface area (Å²) >= 11 is 5.10. The molecule has 18 heavy (non-hydrogen) atoms. The first-order valence-corrected chi connectivity index (χ1v) is 7.42. The average Bonchev–Trinajstić information content (AvgIpc) is 2.39. The average molecular weight is 323 g/mol. The molecule has 1 heterocycles. The number of hydrogen-bond donors (Lipinski definition) is 1. The molecule has 0 saturated heterocycles. The number of nitrogens with zero attached hydrogens (tertiary/aromatic N) is 1. The number of benzene rings is 1. The summed E-state index contributed by atoms with van der Waals surface area (Å²) in [6, 6.07) is 12.4. The lowest BCUT2D eigenvalue weighted by molar-refractivity contribution is 0.925. The Kier molecular flexibility index (Phi) is 4.80. The Morgan fingerprint density at radius 3 is 2.67 bits per heavy atom. The van der Waals surface area contributed by atoms with Crippen molar-refractivity contribution in [2.45, 2.75) is 17.2 Å². The molecule has 0 aliphatic carbocycles. The molecule has 2 N–H and O–H groups in total. The molecule has 2 nitrogen and oxygen atoms in total. The first-order chi connectivity index (χ1) is 8.70. The normalized spacial score (nSPS) is 12.4. The van der Waals surface area contributed by atoms with Gasteiger partial charge in [0.2, 0.25) is 0 Å². The molecule has 0 spiro atoms. The molecule has 0 fully saturated rings. The summed E-state index contributed by atoms with van der Waals surface area (Å²) in [7, 11) is 0. The van der Waals surface area contributed by atoms with Crippen LogP contribution in [0, 0.1) is 6.92 Å². The van der Waals surface area contributed by atoms with E-state index in [0.29, 0.717) is 6.54 Å². The number of hydrogen-bond acceptors (Lipinski definition) is 3. The molecule has 1 unspecified atom stereocenters. The van der Waals surface area contributed by atoms with E-state index in [0.717, 1.165) is 9.50 Å². The summed E-state index contributed by atoms with van der Waals surface area (Å²) in [6.45, 7) is 2.72. The molecule has 0 saturated carbocycles. The van der Waals surface area contributed by atoms with Gasteiger partial charge in [-0.25, -0.2) is 4.98 Å². The molecule has 1 aromatic heterocycles. The number of aromatic nitrogens is 1. The zero-order chi connectivity index (χ0) is 13.0. The van der Waals surface area contributed by atoms with Crippen LogP contribution >= 0.6 is 27.7 Å². The molecule has 2 aromatic rings. The van der Waals surface area contributed by atoms with Gasteiger partial charge in [-0.2, -0.15) is 0 Å². The molecule has 1 aromatic carbocycles. The van der Waals surface area contributed by atoms with Gasteiger partial charge in [0.25, 0.3) is 0 Å². The van der Waals surface area contributed by atoms with E-state index in [9.17, 15) is 0 Å². The van der Waals surface area contributed by atoms with Crippen molar-refractivity contribution in [2.75, 3.05) is 6.54 Å². The summed E-state index contributed by atoms with van der Waals surface area (Å²) in [4.78, 5) is 4.38. The number of pyridine rings is 1. The van der Waals surface area contributed by atoms with Gasteiger partial charge in [-0.05, 0) is 46.1 Å². The van der Waals surface area contributed by atoms with Crippen LogP contribution < -0.4 is 5.73 Å². The molecule has 94 valence electrons. The van der Waals surface area contributed by atoms with Gasteiger partial charge >= 0.3 is 0 Å². The van der Waals surface area contributed by atoms with Crippen LogP contribution in [0.25, 0.3) is 0 Å². The summed E-state index contributed by atoms with van der Waals surface area (Å²) in [6.07, 6.45) is 1.81. The monoisotopic (exact) mass is 322 g/mol. The molecule has 1 atom stereocenters. The maximum atomic E-state index is 5.89. The standard InChI is InChI=1S/C14H15BrN2S/c1-10-4-2-3-5-12(10)13(8-16)18-14-7-6-11(15)9-17-14/h2-7,9,13H,8,16H2,1H3. The van der Waals surface area contributed by atoms with Crippen molar-refractivity contribution >= 4 is 27.7 Å². The lowest BCUT2D eigenvalue weighted by atomic mass is 10.1. The highest BCUT2D eigenvalue weighted by molar-refractivity contribution is 9.10. The fourth-order valence-corrected chi connectivity index (χ4v) is 3.04. The van der Waals surface area contributed by atoms with E-state index in [-0.39, 0.29) is 5.25 Å². The predicted molar refractivity (Wildman–Crippen MR) is 80.8 cm³/mol. The van der Waals surface area contributed by atoms with E-state index in [1.54, 1.807) is 11.8 Å². The highest BCUT2D eigenvalue weighted by atomic mass is 79.9. The van der Waals surface area contributed by atoms with E-state index < -0.39 is 0 Å². The van der Waals surface area contributed by atoms with E-state index in [1.807, 2.05) is 18.3 Å². The van der Waals surface area contributed by atoms with Gasteiger partial charge in [-0.3, -0.25) is 0 Å². The fourth-order valence-electron chi connectivity index (χ4n) is 1.76. The van der Waals surface area contributed by atoms with Crippen molar-refractivity contribution in [3.63, 3.8) is 0 Å². The fraction of sp³-hybridized carbons (Fsp3) is 0.214. The van der Waals surface area contributed by atoms with Crippen LogP contribution in [0.2, 0.25) is 0 Å². The number of halogens is 1. The van der Waals surface area contributed by atoms with Crippen molar-refractivity contribution in [3.8, 4) is 0 Å². The van der Waals surface area contributed by atoms with Crippen molar-refractivity contribution in [1.82, 2.24) is 4.98 Å². The van der Waals surface area contributed by atoms with Crippen molar-refractivity contribution in [1.29, 1.82) is 0 Å². The van der Waals surface area contributed by atoms with Gasteiger partial charge < -0.3 is 5.73 Å². The Balaban J connectivity index is 2.20. The molecule has 0 amide bonds. The van der Waals surface area contributed by atoms with Crippen molar-refractivity contribution < 1.29 is 0 Å². The van der Waals surface area contributed by atoms with Crippen molar-refractivity contribution in [3.05, 3.63) is 58.2 Å². The molecule has 4 heteroatoms. The molecule has 0 bridgehead atoms. The molecule has 0 radical (unpaired) electrons. The van der Waals surface area contributed by atoms with Crippen LogP contribution in [0.5, 0.6) is 0 Å². The second kappa shape index (κ2) is 6.36. The maximum absolute atomic E-state index is 5.89. The highest BCUT2D eigenvalue weighted by Gasteiger charge is 2.13. The summed E-state index contributed by atoms with van der Waals surface area (Å²) in [5, 5.41) is 1.25. The predicted octanol–water partition coefficient (Wildman–Crippen LogP) is 3.94. The van der Waals surface area contributed by atoms with Crippen LogP contribution in [0.1, 0.15) is 16.4 Å². The molecule has 0 aliphatic rings. The Labute approximate surface area is 120 Å². The van der Waals surface area contributed by atoms with E-state index >= 15 is 0 Å². The number of rotatable bonds is 4. The molecule has 2 rings (SSSR count). The van der Waals surface area contributed by atoms with Gasteiger partial charge in [0.1, 0.15) is 0 Å². The van der Waals surface area contributed by atoms with Crippen LogP contribution in [0.4, 0.5) is 0 Å². The van der Waals surface area contributed by atoms with E-state index in [2.05, 4.69) is 52.1 Å². The summed E-state index contributed by atoms with van der Waals surface area (Å²) in [5.41, 5.74) is 8.46. The maximum Gasteiger partial charge on any atom is 0.0967 e. The third kappa shape index (κ3) is 3.34. The second-order valence-corrected chi connectivity index (χ2v) is 6.15. The minimum Gasteiger partial charge on any atom is -0.329 e. The van der Waals surface area contributed by atoms with Gasteiger partial charge in [-0.15, -0.1) is 0 Å². The van der Waals surface area contributed by atoms with E-state index in [4.69, 9.17) is 5.73 Å². The van der Waals surface area contributed by atoms with Crippen LogP contribution in [0.15, 0.2) is 52.1 Å². The second-order valence-electron chi connectivity index (χ2n) is 4.01. The Morgan fingerprint density at radius 2 is 2.06 bits per heavy atom. The largest absolute Gasteiger partial charge is 0.329 e. The molecular weight excluding hydrogens is 308 g/mol. The zero-order valence-corrected chi connectivity index (χ0v) is 12.5. The van der Waals surface area contributed by atoms with E-state index in [1.165, 1.54) is 11.1 Å². The lowest BCUT2D eigenvalue weighted by Crippen LogP contribution is -2.10. The minimum absolute atomic E-state index is 0.250. The Bertz CT molecular complexity index is 513. The minimum atomic E-state index is 0.250. The van der Waals surface area contributed by atoms with Gasteiger partial charge in [-0.1, -0.05) is 36.0 Å². The quantitative estimate of drug-likeness (QED) is 0.866. The third-order valence-corrected chi connectivity index (χ3v) is 4.40. The smallest absolute Gasteiger partial charge is 0.0967 e. The Morgan fingerprint density at radius 1 is 1.28 bits per heavy atom. The number of aryl methyl sites for hydroxylation is 1. The van der Waals surface area contributed by atoms with Crippen LogP contribution in [-0.4, -0.2) is 11.5 Å². The Hall–Kier alpha value is -0.840. The number of nitrogens with two attached hydrogens (primary N) is 1. The van der Waals surface area contributed by atoms with Crippen LogP contribution in [-0.2, 0) is 0 Å². The molecule has 0 aliphatic heterocycles. The molecular formula is C14H15BrN2S. The highest BCUT2D eigenvalue weighted by Crippen LogP contribution is 2.34. The third-order valence-electron chi connectivity index (χ3n) is 2.71. The van der Waals surface area contributed by atoms with Crippen molar-refractivity contribution in [2.24, 2.45) is 5.73 Å². The van der Waals surface area contributed by atoms with Gasteiger partial charge in [0.15, 0.2) is 0 Å². The first-order valence-electron chi connectivity index (χ1n) is 5.74. The topological polar surface area (TPSA) is 38.9 Å². The first kappa shape index (κ1) is 13.6. The zero-order valence-electron chi connectivity index (χ0n) is 10.1. The summed E-state index contributed by atoms with van der Waals surface area (Å²) < 4.78 is 0.993. The lowest BCUT2D eigenvalue weighted by Gasteiger charge is -2.16. The van der Waals surface area contributed by atoms with Gasteiger partial charge in [0, 0.05) is 22.5 Å².